The van der Waals surface area contributed by atoms with Gasteiger partial charge in [-0.25, -0.2) is 12.8 Å². The average Bonchev–Trinajstić information content (AvgIpc) is 3.21. The molecule has 1 fully saturated rings. The van der Waals surface area contributed by atoms with Crippen molar-refractivity contribution in [3.63, 3.8) is 0 Å². The number of nitrogens with one attached hydrogen (secondary N) is 1. The highest BCUT2D eigenvalue weighted by Crippen LogP contribution is 2.26. The molecule has 2 aromatic rings. The molecule has 0 saturated carbocycles. The molecule has 1 aromatic heterocycles. The second kappa shape index (κ2) is 9.34. The minimum absolute atomic E-state index is 0.0368. The molecular weight excluding hydrogens is 413 g/mol. The molecule has 1 aromatic carbocycles. The zero-order valence-electron chi connectivity index (χ0n) is 16.5. The summed E-state index contributed by atoms with van der Waals surface area (Å²) in [7, 11) is -3.87. The number of hydrogen-bond acceptors (Lipinski definition) is 5. The monoisotopic (exact) mass is 439 g/mol. The van der Waals surface area contributed by atoms with E-state index in [1.54, 1.807) is 11.3 Å². The molecular formula is C20H26FN3O3S2. The average molecular weight is 440 g/mol. The van der Waals surface area contributed by atoms with Crippen molar-refractivity contribution in [1.29, 1.82) is 0 Å². The Kier molecular flexibility index (Phi) is 7.05. The Morgan fingerprint density at radius 1 is 1.14 bits per heavy atom. The summed E-state index contributed by atoms with van der Waals surface area (Å²) in [5.74, 6) is -0.564. The van der Waals surface area contributed by atoms with E-state index in [0.29, 0.717) is 13.1 Å². The summed E-state index contributed by atoms with van der Waals surface area (Å²) >= 11 is 1.62. The number of piperazine rings is 1. The van der Waals surface area contributed by atoms with E-state index in [0.717, 1.165) is 10.9 Å². The van der Waals surface area contributed by atoms with Crippen LogP contribution in [0.2, 0.25) is 0 Å². The first-order valence-electron chi connectivity index (χ1n) is 9.59. The van der Waals surface area contributed by atoms with Crippen LogP contribution in [0.1, 0.15) is 24.8 Å². The fourth-order valence-electron chi connectivity index (χ4n) is 3.38. The van der Waals surface area contributed by atoms with E-state index >= 15 is 0 Å². The highest BCUT2D eigenvalue weighted by molar-refractivity contribution is 7.89. The predicted molar refractivity (Wildman–Crippen MR) is 112 cm³/mol. The van der Waals surface area contributed by atoms with Gasteiger partial charge in [0.15, 0.2) is 0 Å². The highest BCUT2D eigenvalue weighted by Gasteiger charge is 2.31. The number of thiophene rings is 1. The van der Waals surface area contributed by atoms with Crippen LogP contribution in [0.15, 0.2) is 46.7 Å². The van der Waals surface area contributed by atoms with Gasteiger partial charge in [0.2, 0.25) is 15.9 Å². The fourth-order valence-corrected chi connectivity index (χ4v) is 5.81. The van der Waals surface area contributed by atoms with Crippen LogP contribution in [0.25, 0.3) is 0 Å². The number of sulfonamides is 1. The quantitative estimate of drug-likeness (QED) is 0.720. The number of amides is 1. The van der Waals surface area contributed by atoms with E-state index in [4.69, 9.17) is 0 Å². The summed E-state index contributed by atoms with van der Waals surface area (Å²) < 4.78 is 40.6. The van der Waals surface area contributed by atoms with Crippen molar-refractivity contribution < 1.29 is 17.6 Å². The maximum atomic E-state index is 13.9. The zero-order chi connectivity index (χ0) is 21.0. The number of carbonyl (C=O) groups excluding carboxylic acids is 1. The zero-order valence-corrected chi connectivity index (χ0v) is 18.2. The van der Waals surface area contributed by atoms with Gasteiger partial charge in [0.25, 0.3) is 0 Å². The third-order valence-corrected chi connectivity index (χ3v) is 7.87. The molecule has 6 nitrogen and oxygen atoms in total. The van der Waals surface area contributed by atoms with Crippen molar-refractivity contribution >= 4 is 27.3 Å². The molecule has 158 valence electrons. The van der Waals surface area contributed by atoms with Crippen LogP contribution < -0.4 is 5.32 Å². The van der Waals surface area contributed by atoms with Gasteiger partial charge in [-0.1, -0.05) is 32.0 Å². The van der Waals surface area contributed by atoms with E-state index in [-0.39, 0.29) is 42.4 Å². The normalized spacial score (nSPS) is 17.4. The number of halogens is 1. The van der Waals surface area contributed by atoms with Crippen LogP contribution >= 0.6 is 11.3 Å². The number of hydrogen-bond donors (Lipinski definition) is 1. The first-order valence-corrected chi connectivity index (χ1v) is 11.9. The Morgan fingerprint density at radius 2 is 1.83 bits per heavy atom. The summed E-state index contributed by atoms with van der Waals surface area (Å²) in [5, 5.41) is 5.08. The Morgan fingerprint density at radius 3 is 2.41 bits per heavy atom. The van der Waals surface area contributed by atoms with Crippen molar-refractivity contribution in [2.45, 2.75) is 24.8 Å². The standard InChI is InChI=1S/C20H26FN3O3S2/c1-15(2)20(17-7-5-13-28-17)22-19(25)14-23-9-11-24(12-10-23)29(26,27)18-8-4-3-6-16(18)21/h3-8,13,15,20H,9-12,14H2,1-2H3,(H,22,25)/t20-/m1/s1. The molecule has 9 heteroatoms. The molecule has 2 heterocycles. The van der Waals surface area contributed by atoms with Crippen molar-refractivity contribution in [2.75, 3.05) is 32.7 Å². The number of rotatable bonds is 7. The Hall–Kier alpha value is -1.81. The lowest BCUT2D eigenvalue weighted by Gasteiger charge is -2.34. The summed E-state index contributed by atoms with van der Waals surface area (Å²) in [6.07, 6.45) is 0. The maximum absolute atomic E-state index is 13.9. The second-order valence-electron chi connectivity index (χ2n) is 7.42. The highest BCUT2D eigenvalue weighted by atomic mass is 32.2. The van der Waals surface area contributed by atoms with Crippen LogP contribution in [-0.2, 0) is 14.8 Å². The Balaban J connectivity index is 1.56. The third-order valence-electron chi connectivity index (χ3n) is 4.99. The summed E-state index contributed by atoms with van der Waals surface area (Å²) in [6.45, 7) is 5.64. The van der Waals surface area contributed by atoms with E-state index in [1.807, 2.05) is 22.4 Å². The van der Waals surface area contributed by atoms with Gasteiger partial charge in [-0.3, -0.25) is 9.69 Å². The number of benzene rings is 1. The van der Waals surface area contributed by atoms with Crippen molar-refractivity contribution in [3.8, 4) is 0 Å². The topological polar surface area (TPSA) is 69.7 Å². The molecule has 0 radical (unpaired) electrons. The maximum Gasteiger partial charge on any atom is 0.246 e. The Bertz CT molecular complexity index is 924. The van der Waals surface area contributed by atoms with Gasteiger partial charge < -0.3 is 5.32 Å². The molecule has 1 atom stereocenters. The van der Waals surface area contributed by atoms with E-state index in [9.17, 15) is 17.6 Å². The lowest BCUT2D eigenvalue weighted by Crippen LogP contribution is -2.51. The minimum Gasteiger partial charge on any atom is -0.347 e. The molecule has 1 aliphatic rings. The summed E-state index contributed by atoms with van der Waals surface area (Å²) in [6, 6.07) is 9.34. The lowest BCUT2D eigenvalue weighted by molar-refractivity contribution is -0.123. The van der Waals surface area contributed by atoms with E-state index in [2.05, 4.69) is 19.2 Å². The van der Waals surface area contributed by atoms with Crippen LogP contribution in [0.5, 0.6) is 0 Å². The van der Waals surface area contributed by atoms with Gasteiger partial charge >= 0.3 is 0 Å². The van der Waals surface area contributed by atoms with Gasteiger partial charge in [0.1, 0.15) is 10.7 Å². The van der Waals surface area contributed by atoms with Gasteiger partial charge in [0, 0.05) is 31.1 Å². The first-order chi connectivity index (χ1) is 13.8. The lowest BCUT2D eigenvalue weighted by atomic mass is 10.0. The van der Waals surface area contributed by atoms with Crippen LogP contribution in [-0.4, -0.2) is 56.3 Å². The van der Waals surface area contributed by atoms with Crippen LogP contribution in [0.4, 0.5) is 4.39 Å². The van der Waals surface area contributed by atoms with Crippen LogP contribution in [0, 0.1) is 11.7 Å². The minimum atomic E-state index is -3.87. The van der Waals surface area contributed by atoms with Crippen molar-refractivity contribution in [3.05, 3.63) is 52.5 Å². The van der Waals surface area contributed by atoms with Crippen molar-refractivity contribution in [2.24, 2.45) is 5.92 Å². The molecule has 0 spiro atoms. The van der Waals surface area contributed by atoms with Gasteiger partial charge in [0.05, 0.1) is 12.6 Å². The van der Waals surface area contributed by atoms with Gasteiger partial charge in [-0.05, 0) is 29.5 Å². The van der Waals surface area contributed by atoms with Crippen LogP contribution in [0.3, 0.4) is 0 Å². The largest absolute Gasteiger partial charge is 0.347 e. The molecule has 1 amide bonds. The first kappa shape index (κ1) is 21.9. The molecule has 1 aliphatic heterocycles. The second-order valence-corrected chi connectivity index (χ2v) is 10.3. The van der Waals surface area contributed by atoms with Gasteiger partial charge in [-0.15, -0.1) is 11.3 Å². The molecule has 29 heavy (non-hydrogen) atoms. The molecule has 3 rings (SSSR count). The molecule has 1 saturated heterocycles. The van der Waals surface area contributed by atoms with E-state index < -0.39 is 15.8 Å². The molecule has 0 aliphatic carbocycles. The molecule has 1 N–H and O–H groups in total. The molecule has 0 bridgehead atoms. The number of carbonyl (C=O) groups is 1. The Labute approximate surface area is 175 Å². The van der Waals surface area contributed by atoms with E-state index in [1.165, 1.54) is 22.5 Å². The smallest absolute Gasteiger partial charge is 0.246 e. The van der Waals surface area contributed by atoms with Gasteiger partial charge in [-0.2, -0.15) is 4.31 Å². The number of nitrogens with zero attached hydrogens (tertiary/aromatic N) is 2. The third kappa shape index (κ3) is 5.22. The van der Waals surface area contributed by atoms with Crippen molar-refractivity contribution in [1.82, 2.24) is 14.5 Å². The predicted octanol–water partition coefficient (Wildman–Crippen LogP) is 2.71. The summed E-state index contributed by atoms with van der Waals surface area (Å²) in [4.78, 5) is 15.3. The fraction of sp³-hybridized carbons (Fsp3) is 0.450. The molecule has 0 unspecified atom stereocenters. The summed E-state index contributed by atoms with van der Waals surface area (Å²) in [5.41, 5.74) is 0. The SMILES string of the molecule is CC(C)[C@@H](NC(=O)CN1CCN(S(=O)(=O)c2ccccc2F)CC1)c1cccs1.